The average molecular weight is 567 g/mol. The zero-order chi connectivity index (χ0) is 29.8. The fourth-order valence-corrected chi connectivity index (χ4v) is 4.66. The quantitative estimate of drug-likeness (QED) is 0.369. The molecule has 2 N–H and O–H groups in total. The lowest BCUT2D eigenvalue weighted by Crippen LogP contribution is -2.55. The molecule has 0 radical (unpaired) electrons. The second-order valence-electron chi connectivity index (χ2n) is 12.1. The maximum absolute atomic E-state index is 13.5. The average Bonchev–Trinajstić information content (AvgIpc) is 3.21. The van der Waals surface area contributed by atoms with Crippen LogP contribution in [0.1, 0.15) is 77.8 Å². The lowest BCUT2D eigenvalue weighted by atomic mass is 10.0. The van der Waals surface area contributed by atoms with E-state index in [1.54, 1.807) is 38.1 Å². The van der Waals surface area contributed by atoms with Gasteiger partial charge in [-0.25, -0.2) is 9.59 Å². The lowest BCUT2D eigenvalue weighted by molar-refractivity contribution is -0.158. The van der Waals surface area contributed by atoms with E-state index in [2.05, 4.69) is 15.6 Å². The van der Waals surface area contributed by atoms with Crippen molar-refractivity contribution in [2.75, 3.05) is 13.1 Å². The fourth-order valence-electron chi connectivity index (χ4n) is 4.66. The van der Waals surface area contributed by atoms with Gasteiger partial charge in [0.1, 0.15) is 30.0 Å². The number of nitrogens with zero attached hydrogens (tertiary/aromatic N) is 2. The Kier molecular flexibility index (Phi) is 12.0. The number of urea groups is 1. The molecular formula is C32H46N4O5. The molecule has 0 saturated carbocycles. The summed E-state index contributed by atoms with van der Waals surface area (Å²) in [7, 11) is 0. The second-order valence-corrected chi connectivity index (χ2v) is 12.1. The van der Waals surface area contributed by atoms with Gasteiger partial charge >= 0.3 is 12.0 Å². The van der Waals surface area contributed by atoms with Gasteiger partial charge in [-0.05, 0) is 81.3 Å². The third kappa shape index (κ3) is 11.4. The maximum Gasteiger partial charge on any atom is 0.329 e. The van der Waals surface area contributed by atoms with E-state index in [0.29, 0.717) is 31.9 Å². The van der Waals surface area contributed by atoms with Gasteiger partial charge in [-0.3, -0.25) is 9.78 Å². The van der Waals surface area contributed by atoms with Crippen LogP contribution in [0.15, 0.2) is 48.8 Å². The van der Waals surface area contributed by atoms with E-state index in [9.17, 15) is 14.4 Å². The number of likely N-dealkylation sites (tertiary alicyclic amines) is 1. The summed E-state index contributed by atoms with van der Waals surface area (Å²) in [6.45, 7) is 11.2. The Balaban J connectivity index is 1.70. The molecule has 0 bridgehead atoms. The standard InChI is InChI=1S/C32H46N4O5/c1-23(2)20-27(35-31(39)36-18-8-6-7-9-19-36)29(37)34-28(30(38)41-32(3,4)5)21-24-10-12-26(13-11-24)40-22-25-14-16-33-17-15-25/h10-17,23,27-28H,6-9,18-22H2,1-5H3,(H,34,37)(H,35,39)/t27-,28-/m0/s1. The molecule has 1 aromatic carbocycles. The minimum Gasteiger partial charge on any atom is -0.489 e. The Bertz CT molecular complexity index is 1110. The predicted octanol–water partition coefficient (Wildman–Crippen LogP) is 5.03. The topological polar surface area (TPSA) is 110 Å². The number of ether oxygens (including phenoxy) is 2. The fraction of sp³-hybridized carbons (Fsp3) is 0.562. The summed E-state index contributed by atoms with van der Waals surface area (Å²) in [5, 5.41) is 5.83. The molecule has 1 fully saturated rings. The molecule has 9 nitrogen and oxygen atoms in total. The highest BCUT2D eigenvalue weighted by Gasteiger charge is 2.31. The SMILES string of the molecule is CC(C)C[C@H](NC(=O)N1CCCCCC1)C(=O)N[C@@H](Cc1ccc(OCc2ccncc2)cc1)C(=O)OC(C)(C)C. The smallest absolute Gasteiger partial charge is 0.329 e. The molecule has 9 heteroatoms. The number of hydrogen-bond acceptors (Lipinski definition) is 6. The van der Waals surface area contributed by atoms with E-state index >= 15 is 0 Å². The summed E-state index contributed by atoms with van der Waals surface area (Å²) in [6, 6.07) is 9.30. The van der Waals surface area contributed by atoms with Crippen LogP contribution in [0.5, 0.6) is 5.75 Å². The summed E-state index contributed by atoms with van der Waals surface area (Å²) in [4.78, 5) is 45.6. The van der Waals surface area contributed by atoms with Gasteiger partial charge in [0.15, 0.2) is 0 Å². The number of aromatic nitrogens is 1. The first-order valence-electron chi connectivity index (χ1n) is 14.7. The monoisotopic (exact) mass is 566 g/mol. The van der Waals surface area contributed by atoms with Gasteiger partial charge in [-0.1, -0.05) is 38.8 Å². The minimum absolute atomic E-state index is 0.162. The Hall–Kier alpha value is -3.62. The molecule has 2 heterocycles. The van der Waals surface area contributed by atoms with Gasteiger partial charge in [-0.2, -0.15) is 0 Å². The summed E-state index contributed by atoms with van der Waals surface area (Å²) in [6.07, 6.45) is 8.27. The van der Waals surface area contributed by atoms with Crippen LogP contribution in [0.3, 0.4) is 0 Å². The molecule has 1 aliphatic heterocycles. The zero-order valence-electron chi connectivity index (χ0n) is 25.2. The molecule has 2 atom stereocenters. The van der Waals surface area contributed by atoms with E-state index in [1.165, 1.54) is 0 Å². The molecule has 1 aliphatic rings. The van der Waals surface area contributed by atoms with E-state index in [4.69, 9.17) is 9.47 Å². The summed E-state index contributed by atoms with van der Waals surface area (Å²) in [5.74, 6) is -0.0625. The molecule has 0 unspecified atom stereocenters. The van der Waals surface area contributed by atoms with Gasteiger partial charge in [0.05, 0.1) is 0 Å². The van der Waals surface area contributed by atoms with Gasteiger partial charge in [0, 0.05) is 31.9 Å². The number of benzene rings is 1. The van der Waals surface area contributed by atoms with Crippen LogP contribution in [0.4, 0.5) is 4.79 Å². The van der Waals surface area contributed by atoms with Crippen LogP contribution in [0.2, 0.25) is 0 Å². The molecule has 0 spiro atoms. The summed E-state index contributed by atoms with van der Waals surface area (Å²) < 4.78 is 11.5. The molecule has 224 valence electrons. The first kappa shape index (κ1) is 31.9. The van der Waals surface area contributed by atoms with Crippen LogP contribution in [-0.4, -0.2) is 58.6 Å². The molecule has 0 aliphatic carbocycles. The third-order valence-corrected chi connectivity index (χ3v) is 6.74. The van der Waals surface area contributed by atoms with E-state index in [-0.39, 0.29) is 18.4 Å². The molecule has 1 saturated heterocycles. The van der Waals surface area contributed by atoms with Crippen molar-refractivity contribution >= 4 is 17.9 Å². The highest BCUT2D eigenvalue weighted by molar-refractivity contribution is 5.90. The second kappa shape index (κ2) is 15.4. The van der Waals surface area contributed by atoms with Gasteiger partial charge in [0.2, 0.25) is 5.91 Å². The summed E-state index contributed by atoms with van der Waals surface area (Å²) in [5.41, 5.74) is 1.13. The van der Waals surface area contributed by atoms with E-state index < -0.39 is 29.6 Å². The number of hydrogen-bond donors (Lipinski definition) is 2. The van der Waals surface area contributed by atoms with Crippen LogP contribution in [0, 0.1) is 5.92 Å². The maximum atomic E-state index is 13.5. The van der Waals surface area contributed by atoms with Crippen LogP contribution in [-0.2, 0) is 27.4 Å². The largest absolute Gasteiger partial charge is 0.489 e. The molecule has 3 rings (SSSR count). The van der Waals surface area contributed by atoms with E-state index in [1.807, 2.05) is 50.2 Å². The van der Waals surface area contributed by atoms with Crippen LogP contribution in [0.25, 0.3) is 0 Å². The van der Waals surface area contributed by atoms with Crippen molar-refractivity contribution in [3.8, 4) is 5.75 Å². The lowest BCUT2D eigenvalue weighted by Gasteiger charge is -2.28. The molecule has 1 aromatic heterocycles. The molecule has 41 heavy (non-hydrogen) atoms. The molecular weight excluding hydrogens is 520 g/mol. The normalized spacial score (nSPS) is 15.4. The Morgan fingerprint density at radius 1 is 0.878 bits per heavy atom. The number of carbonyl (C=O) groups is 3. The number of esters is 1. The Labute approximate surface area is 244 Å². The minimum atomic E-state index is -0.921. The highest BCUT2D eigenvalue weighted by atomic mass is 16.6. The highest BCUT2D eigenvalue weighted by Crippen LogP contribution is 2.18. The third-order valence-electron chi connectivity index (χ3n) is 6.74. The van der Waals surface area contributed by atoms with Gasteiger partial charge in [-0.15, -0.1) is 0 Å². The van der Waals surface area contributed by atoms with Gasteiger partial charge in [0.25, 0.3) is 0 Å². The molecule has 3 amide bonds. The zero-order valence-corrected chi connectivity index (χ0v) is 25.2. The number of rotatable bonds is 11. The van der Waals surface area contributed by atoms with Crippen molar-refractivity contribution in [2.45, 2.75) is 97.4 Å². The van der Waals surface area contributed by atoms with Crippen molar-refractivity contribution in [3.63, 3.8) is 0 Å². The Morgan fingerprint density at radius 2 is 1.51 bits per heavy atom. The van der Waals surface area contributed by atoms with Crippen molar-refractivity contribution < 1.29 is 23.9 Å². The predicted molar refractivity (Wildman–Crippen MR) is 158 cm³/mol. The summed E-state index contributed by atoms with van der Waals surface area (Å²) >= 11 is 0. The van der Waals surface area contributed by atoms with Crippen LogP contribution < -0.4 is 15.4 Å². The van der Waals surface area contributed by atoms with Crippen molar-refractivity contribution in [1.82, 2.24) is 20.5 Å². The number of pyridine rings is 1. The molecule has 2 aromatic rings. The first-order valence-corrected chi connectivity index (χ1v) is 14.7. The number of amides is 3. The first-order chi connectivity index (χ1) is 19.5. The van der Waals surface area contributed by atoms with Gasteiger partial charge < -0.3 is 25.0 Å². The van der Waals surface area contributed by atoms with Crippen molar-refractivity contribution in [3.05, 3.63) is 59.9 Å². The number of carbonyl (C=O) groups excluding carboxylic acids is 3. The van der Waals surface area contributed by atoms with Crippen LogP contribution >= 0.6 is 0 Å². The number of nitrogens with one attached hydrogen (secondary N) is 2. The van der Waals surface area contributed by atoms with Crippen molar-refractivity contribution in [1.29, 1.82) is 0 Å². The Morgan fingerprint density at radius 3 is 2.10 bits per heavy atom. The van der Waals surface area contributed by atoms with Crippen molar-refractivity contribution in [2.24, 2.45) is 5.92 Å². The van der Waals surface area contributed by atoms with E-state index in [0.717, 1.165) is 36.8 Å².